The van der Waals surface area contributed by atoms with E-state index in [0.29, 0.717) is 5.82 Å². The van der Waals surface area contributed by atoms with Crippen molar-refractivity contribution in [3.8, 4) is 11.4 Å². The lowest BCUT2D eigenvalue weighted by Crippen LogP contribution is -2.33. The predicted molar refractivity (Wildman–Crippen MR) is 91.6 cm³/mol. The Labute approximate surface area is 145 Å². The van der Waals surface area contributed by atoms with E-state index in [-0.39, 0.29) is 13.2 Å². The smallest absolute Gasteiger partial charge is 0.408 e. The van der Waals surface area contributed by atoms with Gasteiger partial charge in [0.1, 0.15) is 30.8 Å². The molecule has 0 fully saturated rings. The molecule has 0 saturated heterocycles. The lowest BCUT2D eigenvalue weighted by atomic mass is 10.2. The van der Waals surface area contributed by atoms with Gasteiger partial charge in [0.05, 0.1) is 5.69 Å². The molecule has 1 atom stereocenters. The monoisotopic (exact) mass is 335 g/mol. The van der Waals surface area contributed by atoms with Gasteiger partial charge in [0.15, 0.2) is 0 Å². The van der Waals surface area contributed by atoms with E-state index in [1.54, 1.807) is 6.20 Å². The highest BCUT2D eigenvalue weighted by Gasteiger charge is 2.26. The van der Waals surface area contributed by atoms with Crippen LogP contribution in [0.1, 0.15) is 17.4 Å². The second-order valence-corrected chi connectivity index (χ2v) is 5.69. The molecule has 0 saturated carbocycles. The van der Waals surface area contributed by atoms with E-state index in [1.807, 2.05) is 65.4 Å². The highest BCUT2D eigenvalue weighted by atomic mass is 16.5. The summed E-state index contributed by atoms with van der Waals surface area (Å²) in [4.78, 5) is 16.6. The quantitative estimate of drug-likeness (QED) is 0.798. The number of imidazole rings is 1. The van der Waals surface area contributed by atoms with Gasteiger partial charge in [-0.25, -0.2) is 9.78 Å². The van der Waals surface area contributed by atoms with E-state index in [9.17, 15) is 4.79 Å². The van der Waals surface area contributed by atoms with Crippen LogP contribution >= 0.6 is 0 Å². The zero-order chi connectivity index (χ0) is 17.1. The fourth-order valence-electron chi connectivity index (χ4n) is 2.82. The third-order valence-corrected chi connectivity index (χ3v) is 4.02. The summed E-state index contributed by atoms with van der Waals surface area (Å²) in [5.41, 5.74) is 1.83. The number of carbonyl (C=O) groups is 1. The van der Waals surface area contributed by atoms with Gasteiger partial charge >= 0.3 is 6.09 Å². The van der Waals surface area contributed by atoms with Crippen molar-refractivity contribution >= 4 is 6.09 Å². The Morgan fingerprint density at radius 3 is 2.88 bits per heavy atom. The van der Waals surface area contributed by atoms with Gasteiger partial charge < -0.3 is 14.8 Å². The van der Waals surface area contributed by atoms with Crippen molar-refractivity contribution < 1.29 is 14.3 Å². The first-order chi connectivity index (χ1) is 12.3. The van der Waals surface area contributed by atoms with Gasteiger partial charge in [-0.15, -0.1) is 0 Å². The van der Waals surface area contributed by atoms with Gasteiger partial charge in [0.25, 0.3) is 0 Å². The largest absolute Gasteiger partial charge is 0.489 e. The second-order valence-electron chi connectivity index (χ2n) is 5.69. The molecular formula is C19H17N3O3. The molecule has 126 valence electrons. The second kappa shape index (κ2) is 6.68. The maximum Gasteiger partial charge on any atom is 0.408 e. The van der Waals surface area contributed by atoms with Crippen molar-refractivity contribution in [1.29, 1.82) is 0 Å². The van der Waals surface area contributed by atoms with Crippen LogP contribution < -0.4 is 10.1 Å². The van der Waals surface area contributed by atoms with Gasteiger partial charge in [-0.3, -0.25) is 4.57 Å². The van der Waals surface area contributed by atoms with Crippen LogP contribution in [0.5, 0.6) is 5.75 Å². The van der Waals surface area contributed by atoms with Crippen molar-refractivity contribution in [1.82, 2.24) is 14.9 Å². The summed E-state index contributed by atoms with van der Waals surface area (Å²) in [6, 6.07) is 16.9. The average molecular weight is 335 g/mol. The highest BCUT2D eigenvalue weighted by molar-refractivity contribution is 5.68. The zero-order valence-corrected chi connectivity index (χ0v) is 13.5. The molecule has 1 amide bonds. The van der Waals surface area contributed by atoms with Gasteiger partial charge in [0.2, 0.25) is 0 Å². The van der Waals surface area contributed by atoms with Crippen LogP contribution in [-0.4, -0.2) is 22.3 Å². The predicted octanol–water partition coefficient (Wildman–Crippen LogP) is 3.23. The summed E-state index contributed by atoms with van der Waals surface area (Å²) < 4.78 is 13.1. The average Bonchev–Trinajstić information content (AvgIpc) is 3.09. The number of nitrogens with zero attached hydrogens (tertiary/aromatic N) is 2. The molecule has 25 heavy (non-hydrogen) atoms. The molecule has 0 aliphatic carbocycles. The molecular weight excluding hydrogens is 318 g/mol. The Hall–Kier alpha value is -3.28. The Morgan fingerprint density at radius 2 is 2.00 bits per heavy atom. The molecule has 1 aliphatic rings. The number of rotatable bonds is 3. The van der Waals surface area contributed by atoms with Crippen molar-refractivity contribution in [3.63, 3.8) is 0 Å². The number of aromatic nitrogens is 2. The van der Waals surface area contributed by atoms with Crippen LogP contribution in [-0.2, 0) is 11.3 Å². The van der Waals surface area contributed by atoms with Crippen LogP contribution in [0.3, 0.4) is 0 Å². The van der Waals surface area contributed by atoms with Gasteiger partial charge in [0, 0.05) is 12.4 Å². The standard InChI is InChI=1S/C19H17N3O3/c23-19(25-12-14-6-2-1-3-7-14)21-15-13-24-17-9-5-4-8-16(17)22-11-10-20-18(15)22/h1-11,15H,12-13H2,(H,21,23). The summed E-state index contributed by atoms with van der Waals surface area (Å²) >= 11 is 0. The van der Waals surface area contributed by atoms with Gasteiger partial charge in [-0.1, -0.05) is 42.5 Å². The minimum absolute atomic E-state index is 0.217. The first-order valence-corrected chi connectivity index (χ1v) is 8.04. The van der Waals surface area contributed by atoms with E-state index < -0.39 is 12.1 Å². The van der Waals surface area contributed by atoms with E-state index >= 15 is 0 Å². The topological polar surface area (TPSA) is 65.4 Å². The van der Waals surface area contributed by atoms with Crippen LogP contribution in [0, 0.1) is 0 Å². The minimum Gasteiger partial charge on any atom is -0.489 e. The summed E-state index contributed by atoms with van der Waals surface area (Å²) in [5, 5.41) is 2.84. The molecule has 1 aliphatic heterocycles. The molecule has 0 radical (unpaired) electrons. The maximum atomic E-state index is 12.2. The summed E-state index contributed by atoms with van der Waals surface area (Å²) in [6.45, 7) is 0.503. The third-order valence-electron chi connectivity index (χ3n) is 4.02. The summed E-state index contributed by atoms with van der Waals surface area (Å²) in [5.74, 6) is 1.46. The number of amides is 1. The van der Waals surface area contributed by atoms with Crippen molar-refractivity contribution in [2.75, 3.05) is 6.61 Å². The molecule has 3 aromatic rings. The Kier molecular flexibility index (Phi) is 4.08. The molecule has 4 rings (SSSR count). The van der Waals surface area contributed by atoms with E-state index in [2.05, 4.69) is 10.3 Å². The van der Waals surface area contributed by atoms with E-state index in [1.165, 1.54) is 0 Å². The van der Waals surface area contributed by atoms with Gasteiger partial charge in [-0.05, 0) is 17.7 Å². The van der Waals surface area contributed by atoms with Crippen LogP contribution in [0.15, 0.2) is 67.0 Å². The molecule has 2 heterocycles. The number of alkyl carbamates (subject to hydrolysis) is 1. The van der Waals surface area contributed by atoms with Crippen molar-refractivity contribution in [3.05, 3.63) is 78.4 Å². The van der Waals surface area contributed by atoms with Crippen molar-refractivity contribution in [2.45, 2.75) is 12.6 Å². The number of hydrogen-bond acceptors (Lipinski definition) is 4. The van der Waals surface area contributed by atoms with Crippen LogP contribution in [0.2, 0.25) is 0 Å². The van der Waals surface area contributed by atoms with Crippen LogP contribution in [0.25, 0.3) is 5.69 Å². The first-order valence-electron chi connectivity index (χ1n) is 8.04. The molecule has 0 bridgehead atoms. The highest BCUT2D eigenvalue weighted by Crippen LogP contribution is 2.29. The molecule has 2 aromatic carbocycles. The maximum absolute atomic E-state index is 12.2. The number of para-hydroxylation sites is 2. The number of carbonyl (C=O) groups excluding carboxylic acids is 1. The fraction of sp³-hybridized carbons (Fsp3) is 0.158. The molecule has 1 aromatic heterocycles. The number of hydrogen-bond donors (Lipinski definition) is 1. The third kappa shape index (κ3) is 3.19. The van der Waals surface area contributed by atoms with Crippen LogP contribution in [0.4, 0.5) is 4.79 Å². The number of ether oxygens (including phenoxy) is 2. The van der Waals surface area contributed by atoms with E-state index in [0.717, 1.165) is 17.0 Å². The lowest BCUT2D eigenvalue weighted by Gasteiger charge is -2.16. The number of benzene rings is 2. The summed E-state index contributed by atoms with van der Waals surface area (Å²) in [6.07, 6.45) is 3.06. The zero-order valence-electron chi connectivity index (χ0n) is 13.5. The fourth-order valence-corrected chi connectivity index (χ4v) is 2.82. The molecule has 1 unspecified atom stereocenters. The SMILES string of the molecule is O=C(NC1COc2ccccc2-n2ccnc21)OCc1ccccc1. The minimum atomic E-state index is -0.502. The van der Waals surface area contributed by atoms with Crippen molar-refractivity contribution in [2.24, 2.45) is 0 Å². The van der Waals surface area contributed by atoms with Gasteiger partial charge in [-0.2, -0.15) is 0 Å². The molecule has 6 nitrogen and oxygen atoms in total. The van der Waals surface area contributed by atoms with E-state index in [4.69, 9.17) is 9.47 Å². The Balaban J connectivity index is 1.48. The lowest BCUT2D eigenvalue weighted by molar-refractivity contribution is 0.130. The summed E-state index contributed by atoms with van der Waals surface area (Å²) in [7, 11) is 0. The first kappa shape index (κ1) is 15.3. The Morgan fingerprint density at radius 1 is 1.20 bits per heavy atom. The molecule has 6 heteroatoms. The molecule has 1 N–H and O–H groups in total. The number of fused-ring (bicyclic) bond motifs is 3. The number of nitrogens with one attached hydrogen (secondary N) is 1. The normalized spacial score (nSPS) is 15.3. The Bertz CT molecular complexity index is 876. The molecule has 0 spiro atoms.